The minimum atomic E-state index is 0.122. The lowest BCUT2D eigenvalue weighted by molar-refractivity contribution is -0.139. The molecule has 0 aromatic heterocycles. The fourth-order valence-electron chi connectivity index (χ4n) is 2.17. The first-order chi connectivity index (χ1) is 7.33. The second-order valence-corrected chi connectivity index (χ2v) is 4.40. The van der Waals surface area contributed by atoms with E-state index in [1.807, 2.05) is 0 Å². The van der Waals surface area contributed by atoms with E-state index in [0.29, 0.717) is 18.6 Å². The minimum absolute atomic E-state index is 0.122. The van der Waals surface area contributed by atoms with Crippen molar-refractivity contribution < 1.29 is 9.53 Å². The molecule has 1 unspecified atom stereocenters. The summed E-state index contributed by atoms with van der Waals surface area (Å²) in [5.41, 5.74) is 0. The van der Waals surface area contributed by atoms with Crippen molar-refractivity contribution >= 4 is 5.91 Å². The van der Waals surface area contributed by atoms with Crippen LogP contribution in [0.1, 0.15) is 19.8 Å². The van der Waals surface area contributed by atoms with E-state index in [1.165, 1.54) is 0 Å². The number of hydrogen-bond acceptors (Lipinski definition) is 3. The molecule has 2 heterocycles. The first-order valence-electron chi connectivity index (χ1n) is 5.92. The van der Waals surface area contributed by atoms with Crippen LogP contribution in [0.15, 0.2) is 0 Å². The van der Waals surface area contributed by atoms with Crippen LogP contribution in [0.3, 0.4) is 0 Å². The van der Waals surface area contributed by atoms with E-state index in [9.17, 15) is 4.79 Å². The average molecular weight is 212 g/mol. The van der Waals surface area contributed by atoms with E-state index in [4.69, 9.17) is 4.74 Å². The van der Waals surface area contributed by atoms with Crippen LogP contribution in [0.4, 0.5) is 0 Å². The molecule has 0 saturated carbocycles. The number of carbonyl (C=O) groups is 1. The molecule has 0 bridgehead atoms. The Morgan fingerprint density at radius 2 is 2.33 bits per heavy atom. The van der Waals surface area contributed by atoms with Gasteiger partial charge in [0.1, 0.15) is 0 Å². The van der Waals surface area contributed by atoms with Crippen LogP contribution >= 0.6 is 0 Å². The van der Waals surface area contributed by atoms with Crippen molar-refractivity contribution in [3.63, 3.8) is 0 Å². The zero-order chi connectivity index (χ0) is 10.7. The van der Waals surface area contributed by atoms with Gasteiger partial charge < -0.3 is 15.0 Å². The highest BCUT2D eigenvalue weighted by molar-refractivity contribution is 5.79. The highest BCUT2D eigenvalue weighted by Gasteiger charge is 2.33. The molecule has 0 spiro atoms. The lowest BCUT2D eigenvalue weighted by Gasteiger charge is -2.39. The molecule has 4 heteroatoms. The van der Waals surface area contributed by atoms with Crippen molar-refractivity contribution in [3.05, 3.63) is 0 Å². The summed E-state index contributed by atoms with van der Waals surface area (Å²) >= 11 is 0. The van der Waals surface area contributed by atoms with Gasteiger partial charge in [-0.25, -0.2) is 0 Å². The van der Waals surface area contributed by atoms with E-state index in [1.54, 1.807) is 0 Å². The first kappa shape index (κ1) is 10.9. The number of carbonyl (C=O) groups excluding carboxylic acids is 1. The van der Waals surface area contributed by atoms with Gasteiger partial charge in [-0.1, -0.05) is 6.92 Å². The molecule has 1 amide bonds. The largest absolute Gasteiger partial charge is 0.381 e. The molecule has 0 aromatic rings. The number of nitrogens with one attached hydrogen (secondary N) is 1. The molecule has 1 N–H and O–H groups in total. The van der Waals surface area contributed by atoms with Crippen LogP contribution in [0.25, 0.3) is 0 Å². The molecular formula is C11H20N2O2. The third-order valence-corrected chi connectivity index (χ3v) is 3.23. The molecule has 0 radical (unpaired) electrons. The Kier molecular flexibility index (Phi) is 3.59. The molecule has 2 fully saturated rings. The van der Waals surface area contributed by atoms with Gasteiger partial charge in [-0.2, -0.15) is 0 Å². The third kappa shape index (κ3) is 2.32. The molecule has 2 saturated heterocycles. The van der Waals surface area contributed by atoms with E-state index in [2.05, 4.69) is 17.1 Å². The molecule has 2 aliphatic heterocycles. The molecule has 86 valence electrons. The fourth-order valence-corrected chi connectivity index (χ4v) is 2.17. The molecule has 2 aliphatic rings. The molecule has 0 aliphatic carbocycles. The van der Waals surface area contributed by atoms with Gasteiger partial charge in [-0.05, 0) is 12.8 Å². The summed E-state index contributed by atoms with van der Waals surface area (Å²) in [6.45, 7) is 6.30. The normalized spacial score (nSPS) is 26.3. The minimum Gasteiger partial charge on any atom is -0.381 e. The lowest BCUT2D eigenvalue weighted by Crippen LogP contribution is -2.60. The predicted octanol–water partition coefficient (Wildman–Crippen LogP) is 0.233. The lowest BCUT2D eigenvalue weighted by atomic mass is 10.0. The number of hydrogen-bond donors (Lipinski definition) is 1. The third-order valence-electron chi connectivity index (χ3n) is 3.23. The monoisotopic (exact) mass is 212 g/mol. The maximum absolute atomic E-state index is 12.2. The maximum Gasteiger partial charge on any atom is 0.228 e. The van der Waals surface area contributed by atoms with Crippen LogP contribution in [0, 0.1) is 5.92 Å². The van der Waals surface area contributed by atoms with E-state index in [0.717, 1.165) is 39.1 Å². The number of ether oxygens (including phenoxy) is 1. The highest BCUT2D eigenvalue weighted by Crippen LogP contribution is 2.18. The number of nitrogens with zero attached hydrogens (tertiary/aromatic N) is 1. The maximum atomic E-state index is 12.2. The van der Waals surface area contributed by atoms with Crippen molar-refractivity contribution in [2.45, 2.75) is 25.8 Å². The van der Waals surface area contributed by atoms with Gasteiger partial charge in [0.05, 0.1) is 18.6 Å². The topological polar surface area (TPSA) is 41.6 Å². The van der Waals surface area contributed by atoms with E-state index in [-0.39, 0.29) is 5.92 Å². The van der Waals surface area contributed by atoms with Crippen molar-refractivity contribution in [1.82, 2.24) is 10.2 Å². The quantitative estimate of drug-likeness (QED) is 0.725. The van der Waals surface area contributed by atoms with Gasteiger partial charge >= 0.3 is 0 Å². The SMILES string of the molecule is CCCN(C(=O)C1CCOC1)C1CNC1. The van der Waals surface area contributed by atoms with Crippen molar-refractivity contribution in [2.24, 2.45) is 5.92 Å². The smallest absolute Gasteiger partial charge is 0.228 e. The molecular weight excluding hydrogens is 192 g/mol. The van der Waals surface area contributed by atoms with Gasteiger partial charge in [-0.15, -0.1) is 0 Å². The second-order valence-electron chi connectivity index (χ2n) is 4.40. The number of rotatable bonds is 4. The van der Waals surface area contributed by atoms with Crippen molar-refractivity contribution in [3.8, 4) is 0 Å². The highest BCUT2D eigenvalue weighted by atomic mass is 16.5. The van der Waals surface area contributed by atoms with Gasteiger partial charge in [0.15, 0.2) is 0 Å². The summed E-state index contributed by atoms with van der Waals surface area (Å²) in [5.74, 6) is 0.429. The summed E-state index contributed by atoms with van der Waals surface area (Å²) in [5, 5.41) is 3.22. The van der Waals surface area contributed by atoms with Crippen LogP contribution in [-0.4, -0.2) is 49.7 Å². The Morgan fingerprint density at radius 3 is 2.80 bits per heavy atom. The van der Waals surface area contributed by atoms with E-state index < -0.39 is 0 Å². The van der Waals surface area contributed by atoms with Crippen LogP contribution < -0.4 is 5.32 Å². The van der Waals surface area contributed by atoms with E-state index >= 15 is 0 Å². The standard InChI is InChI=1S/C11H20N2O2/c1-2-4-13(10-6-12-7-10)11(14)9-3-5-15-8-9/h9-10,12H,2-8H2,1H3. The Balaban J connectivity index is 1.92. The molecule has 2 rings (SSSR count). The predicted molar refractivity (Wildman–Crippen MR) is 57.6 cm³/mol. The summed E-state index contributed by atoms with van der Waals surface area (Å²) in [6, 6.07) is 0.429. The van der Waals surface area contributed by atoms with Crippen molar-refractivity contribution in [1.29, 1.82) is 0 Å². The molecule has 0 aromatic carbocycles. The Morgan fingerprint density at radius 1 is 1.53 bits per heavy atom. The summed E-state index contributed by atoms with van der Waals surface area (Å²) in [7, 11) is 0. The number of amides is 1. The van der Waals surface area contributed by atoms with Crippen LogP contribution in [-0.2, 0) is 9.53 Å². The van der Waals surface area contributed by atoms with Gasteiger partial charge in [-0.3, -0.25) is 4.79 Å². The molecule has 1 atom stereocenters. The van der Waals surface area contributed by atoms with Gasteiger partial charge in [0.2, 0.25) is 5.91 Å². The Bertz CT molecular complexity index is 223. The summed E-state index contributed by atoms with van der Waals surface area (Å²) in [6.07, 6.45) is 1.94. The van der Waals surface area contributed by atoms with Crippen molar-refractivity contribution in [2.75, 3.05) is 32.8 Å². The molecule has 4 nitrogen and oxygen atoms in total. The van der Waals surface area contributed by atoms with Gasteiger partial charge in [0, 0.05) is 26.2 Å². The van der Waals surface area contributed by atoms with Gasteiger partial charge in [0.25, 0.3) is 0 Å². The van der Waals surface area contributed by atoms with Crippen LogP contribution in [0.2, 0.25) is 0 Å². The fraction of sp³-hybridized carbons (Fsp3) is 0.909. The molecule has 15 heavy (non-hydrogen) atoms. The van der Waals surface area contributed by atoms with Crippen LogP contribution in [0.5, 0.6) is 0 Å². The summed E-state index contributed by atoms with van der Waals surface area (Å²) < 4.78 is 5.27. The average Bonchev–Trinajstić information content (AvgIpc) is 2.66. The zero-order valence-electron chi connectivity index (χ0n) is 9.37. The Hall–Kier alpha value is -0.610. The zero-order valence-corrected chi connectivity index (χ0v) is 9.37. The first-order valence-corrected chi connectivity index (χ1v) is 5.92. The summed E-state index contributed by atoms with van der Waals surface area (Å²) in [4.78, 5) is 14.2. The second kappa shape index (κ2) is 4.94. The Labute approximate surface area is 91.0 Å².